The zero-order valence-electron chi connectivity index (χ0n) is 16.8. The van der Waals surface area contributed by atoms with Crippen molar-refractivity contribution in [3.8, 4) is 17.1 Å². The number of benzene rings is 1. The molecule has 4 bridgehead atoms. The molecule has 154 valence electrons. The van der Waals surface area contributed by atoms with E-state index in [9.17, 15) is 9.90 Å². The third-order valence-electron chi connectivity index (χ3n) is 6.95. The maximum atomic E-state index is 12.8. The van der Waals surface area contributed by atoms with Gasteiger partial charge in [0.05, 0.1) is 11.3 Å². The smallest absolute Gasteiger partial charge is 0.230 e. The van der Waals surface area contributed by atoms with Crippen molar-refractivity contribution in [2.45, 2.75) is 62.7 Å². The molecule has 0 aliphatic heterocycles. The Balaban J connectivity index is 1.26. The highest BCUT2D eigenvalue weighted by Gasteiger charge is 2.51. The van der Waals surface area contributed by atoms with Crippen molar-refractivity contribution in [3.63, 3.8) is 0 Å². The van der Waals surface area contributed by atoms with Gasteiger partial charge in [-0.05, 0) is 75.3 Å². The summed E-state index contributed by atoms with van der Waals surface area (Å²) >= 11 is 1.43. The minimum Gasteiger partial charge on any atom is -0.507 e. The summed E-state index contributed by atoms with van der Waals surface area (Å²) in [7, 11) is 0. The van der Waals surface area contributed by atoms with Gasteiger partial charge in [-0.25, -0.2) is 0 Å². The Morgan fingerprint density at radius 1 is 1.17 bits per heavy atom. The van der Waals surface area contributed by atoms with Crippen LogP contribution < -0.4 is 5.32 Å². The molecule has 6 rings (SSSR count). The van der Waals surface area contributed by atoms with Crippen LogP contribution in [0.3, 0.4) is 0 Å². The number of para-hydroxylation sites is 1. The molecule has 4 aliphatic carbocycles. The number of hydrogen-bond acceptors (Lipinski definition) is 5. The fourth-order valence-electron chi connectivity index (χ4n) is 6.27. The van der Waals surface area contributed by atoms with E-state index in [-0.39, 0.29) is 17.2 Å². The number of phenolic OH excluding ortho intramolecular Hbond substituents is 1. The highest BCUT2D eigenvalue weighted by molar-refractivity contribution is 7.99. The highest BCUT2D eigenvalue weighted by atomic mass is 32.2. The Kier molecular flexibility index (Phi) is 4.81. The zero-order chi connectivity index (χ0) is 20.0. The normalized spacial score (nSPS) is 29.9. The number of carbonyl (C=O) groups is 1. The molecule has 0 atom stereocenters. The standard InChI is InChI=1S/C22H28N4O2S/c1-2-26-20(17-5-3-4-6-18(17)27)24-25-21(26)29-13-19(28)23-22-10-14-7-15(11-22)9-16(8-14)12-22/h3-6,14-16,27H,2,7-13H2,1H3,(H,23,28). The van der Waals surface area contributed by atoms with Crippen LogP contribution >= 0.6 is 11.8 Å². The van der Waals surface area contributed by atoms with Gasteiger partial charge in [-0.2, -0.15) is 0 Å². The molecule has 2 N–H and O–H groups in total. The Labute approximate surface area is 175 Å². The second kappa shape index (κ2) is 7.35. The van der Waals surface area contributed by atoms with E-state index in [1.165, 1.54) is 50.3 Å². The van der Waals surface area contributed by atoms with Gasteiger partial charge in [0.15, 0.2) is 11.0 Å². The third-order valence-corrected chi connectivity index (χ3v) is 7.92. The predicted octanol–water partition coefficient (Wildman–Crippen LogP) is 3.85. The second-order valence-corrected chi connectivity index (χ2v) is 10.0. The summed E-state index contributed by atoms with van der Waals surface area (Å²) in [6, 6.07) is 7.14. The van der Waals surface area contributed by atoms with Crippen molar-refractivity contribution < 1.29 is 9.90 Å². The molecule has 1 aromatic heterocycles. The number of aromatic nitrogens is 3. The first-order valence-electron chi connectivity index (χ1n) is 10.7. The van der Waals surface area contributed by atoms with Crippen molar-refractivity contribution in [2.75, 3.05) is 5.75 Å². The molecule has 0 spiro atoms. The van der Waals surface area contributed by atoms with Crippen LogP contribution in [0.15, 0.2) is 29.4 Å². The number of aromatic hydroxyl groups is 1. The maximum absolute atomic E-state index is 12.8. The molecular weight excluding hydrogens is 384 g/mol. The fraction of sp³-hybridized carbons (Fsp3) is 0.591. The predicted molar refractivity (Wildman–Crippen MR) is 113 cm³/mol. The Hall–Kier alpha value is -2.02. The molecule has 4 fully saturated rings. The summed E-state index contributed by atoms with van der Waals surface area (Å²) in [4.78, 5) is 12.8. The van der Waals surface area contributed by atoms with Crippen molar-refractivity contribution >= 4 is 17.7 Å². The quantitative estimate of drug-likeness (QED) is 0.705. The van der Waals surface area contributed by atoms with Gasteiger partial charge in [-0.15, -0.1) is 10.2 Å². The largest absolute Gasteiger partial charge is 0.507 e. The van der Waals surface area contributed by atoms with Crippen LogP contribution in [-0.2, 0) is 11.3 Å². The summed E-state index contributed by atoms with van der Waals surface area (Å²) < 4.78 is 1.96. The monoisotopic (exact) mass is 412 g/mol. The average Bonchev–Trinajstić information content (AvgIpc) is 3.08. The molecule has 1 aromatic carbocycles. The number of nitrogens with one attached hydrogen (secondary N) is 1. The minimum atomic E-state index is 0.0474. The molecule has 1 amide bonds. The molecule has 0 radical (unpaired) electrons. The van der Waals surface area contributed by atoms with Crippen molar-refractivity contribution in [1.82, 2.24) is 20.1 Å². The number of carbonyl (C=O) groups excluding carboxylic acids is 1. The van der Waals surface area contributed by atoms with Crippen molar-refractivity contribution in [2.24, 2.45) is 17.8 Å². The summed E-state index contributed by atoms with van der Waals surface area (Å²) in [5.41, 5.74) is 0.706. The number of amides is 1. The van der Waals surface area contributed by atoms with Gasteiger partial charge < -0.3 is 15.0 Å². The molecule has 2 aromatic rings. The van der Waals surface area contributed by atoms with E-state index < -0.39 is 0 Å². The number of nitrogens with zero attached hydrogens (tertiary/aromatic N) is 3. The van der Waals surface area contributed by atoms with Crippen molar-refractivity contribution in [1.29, 1.82) is 0 Å². The topological polar surface area (TPSA) is 80.0 Å². The Morgan fingerprint density at radius 3 is 2.45 bits per heavy atom. The van der Waals surface area contributed by atoms with Crippen LogP contribution in [0, 0.1) is 17.8 Å². The molecule has 0 saturated heterocycles. The van der Waals surface area contributed by atoms with E-state index in [1.54, 1.807) is 12.1 Å². The summed E-state index contributed by atoms with van der Waals surface area (Å²) in [5, 5.41) is 22.9. The van der Waals surface area contributed by atoms with E-state index >= 15 is 0 Å². The number of thioether (sulfide) groups is 1. The Morgan fingerprint density at radius 2 is 1.83 bits per heavy atom. The highest BCUT2D eigenvalue weighted by Crippen LogP contribution is 2.55. The average molecular weight is 413 g/mol. The van der Waals surface area contributed by atoms with Gasteiger partial charge in [0.25, 0.3) is 0 Å². The van der Waals surface area contributed by atoms with E-state index in [0.29, 0.717) is 28.8 Å². The van der Waals surface area contributed by atoms with E-state index in [1.807, 2.05) is 23.6 Å². The fourth-order valence-corrected chi connectivity index (χ4v) is 7.07. The number of rotatable bonds is 6. The first kappa shape index (κ1) is 19.0. The van der Waals surface area contributed by atoms with Gasteiger partial charge >= 0.3 is 0 Å². The van der Waals surface area contributed by atoms with E-state index in [2.05, 4.69) is 15.5 Å². The molecule has 0 unspecified atom stereocenters. The lowest BCUT2D eigenvalue weighted by Gasteiger charge is -2.56. The van der Waals surface area contributed by atoms with Crippen LogP contribution in [0.2, 0.25) is 0 Å². The van der Waals surface area contributed by atoms with Crippen LogP contribution in [0.5, 0.6) is 5.75 Å². The van der Waals surface area contributed by atoms with Gasteiger partial charge in [-0.1, -0.05) is 23.9 Å². The first-order chi connectivity index (χ1) is 14.0. The summed E-state index contributed by atoms with van der Waals surface area (Å²) in [5.74, 6) is 3.73. The molecule has 6 nitrogen and oxygen atoms in total. The van der Waals surface area contributed by atoms with Crippen LogP contribution in [0.4, 0.5) is 0 Å². The molecular formula is C22H28N4O2S. The van der Waals surface area contributed by atoms with Gasteiger partial charge in [0.1, 0.15) is 5.75 Å². The lowest BCUT2D eigenvalue weighted by Crippen LogP contribution is -2.60. The van der Waals surface area contributed by atoms with E-state index in [4.69, 9.17) is 0 Å². The van der Waals surface area contributed by atoms with Crippen LogP contribution in [0.25, 0.3) is 11.4 Å². The SMILES string of the molecule is CCn1c(SCC(=O)NC23CC4CC(CC(C4)C2)C3)nnc1-c1ccccc1O. The van der Waals surface area contributed by atoms with Gasteiger partial charge in [0.2, 0.25) is 5.91 Å². The maximum Gasteiger partial charge on any atom is 0.230 e. The van der Waals surface area contributed by atoms with Crippen LogP contribution in [-0.4, -0.2) is 37.1 Å². The van der Waals surface area contributed by atoms with Crippen molar-refractivity contribution in [3.05, 3.63) is 24.3 Å². The lowest BCUT2D eigenvalue weighted by molar-refractivity contribution is -0.124. The second-order valence-electron chi connectivity index (χ2n) is 9.10. The minimum absolute atomic E-state index is 0.0474. The van der Waals surface area contributed by atoms with E-state index in [0.717, 1.165) is 17.8 Å². The molecule has 1 heterocycles. The van der Waals surface area contributed by atoms with Gasteiger partial charge in [0, 0.05) is 12.1 Å². The molecule has 29 heavy (non-hydrogen) atoms. The number of phenols is 1. The summed E-state index contributed by atoms with van der Waals surface area (Å²) in [6.45, 7) is 2.70. The summed E-state index contributed by atoms with van der Waals surface area (Å²) in [6.07, 6.45) is 7.61. The Bertz CT molecular complexity index is 890. The van der Waals surface area contributed by atoms with Crippen LogP contribution in [0.1, 0.15) is 45.4 Å². The number of hydrogen-bond donors (Lipinski definition) is 2. The first-order valence-corrected chi connectivity index (χ1v) is 11.7. The molecule has 4 aliphatic rings. The van der Waals surface area contributed by atoms with Gasteiger partial charge in [-0.3, -0.25) is 4.79 Å². The zero-order valence-corrected chi connectivity index (χ0v) is 17.6. The molecule has 7 heteroatoms. The third kappa shape index (κ3) is 3.54. The lowest BCUT2D eigenvalue weighted by atomic mass is 9.53. The molecule has 4 saturated carbocycles.